The van der Waals surface area contributed by atoms with Crippen molar-refractivity contribution in [2.45, 2.75) is 19.1 Å². The molecule has 4 rings (SSSR count). The quantitative estimate of drug-likeness (QED) is 0.172. The maximum Gasteiger partial charge on any atom is 0.416 e. The minimum atomic E-state index is -4.69. The van der Waals surface area contributed by atoms with Gasteiger partial charge in [0.25, 0.3) is 5.91 Å². The smallest absolute Gasteiger partial charge is 0.416 e. The van der Waals surface area contributed by atoms with E-state index in [-0.39, 0.29) is 40.6 Å². The van der Waals surface area contributed by atoms with E-state index in [1.807, 2.05) is 0 Å². The van der Waals surface area contributed by atoms with Crippen LogP contribution >= 0.6 is 0 Å². The van der Waals surface area contributed by atoms with Crippen LogP contribution in [0.4, 0.5) is 18.9 Å². The summed E-state index contributed by atoms with van der Waals surface area (Å²) in [6, 6.07) is 19.8. The Labute approximate surface area is 255 Å². The van der Waals surface area contributed by atoms with Gasteiger partial charge >= 0.3 is 18.1 Å². The van der Waals surface area contributed by atoms with E-state index >= 15 is 0 Å². The number of alkyl halides is 3. The highest BCUT2D eigenvalue weighted by Crippen LogP contribution is 2.34. The first-order valence-corrected chi connectivity index (χ1v) is 13.3. The van der Waals surface area contributed by atoms with Crippen molar-refractivity contribution < 1.29 is 46.9 Å². The Balaban J connectivity index is 1.40. The summed E-state index contributed by atoms with van der Waals surface area (Å²) in [5.74, 6) is -3.00. The van der Waals surface area contributed by atoms with Crippen LogP contribution in [0.5, 0.6) is 11.5 Å². The molecule has 1 heterocycles. The van der Waals surface area contributed by atoms with Gasteiger partial charge in [0.1, 0.15) is 23.7 Å². The van der Waals surface area contributed by atoms with Gasteiger partial charge in [-0.25, -0.2) is 9.78 Å². The predicted octanol–water partition coefficient (Wildman–Crippen LogP) is 5.24. The van der Waals surface area contributed by atoms with Crippen LogP contribution < -0.4 is 14.8 Å². The molecular weight excluding hydrogens is 595 g/mol. The minimum Gasteiger partial charge on any atom is -0.497 e. The van der Waals surface area contributed by atoms with E-state index in [1.54, 1.807) is 24.3 Å². The number of hydrogen-bond donors (Lipinski definition) is 2. The third kappa shape index (κ3) is 8.89. The number of carbonyl (C=O) groups excluding carboxylic acids is 3. The fourth-order valence-corrected chi connectivity index (χ4v) is 4.25. The number of esters is 1. The third-order valence-electron chi connectivity index (χ3n) is 6.38. The molecule has 2 N–H and O–H groups in total. The van der Waals surface area contributed by atoms with Gasteiger partial charge in [0.2, 0.25) is 5.91 Å². The minimum absolute atomic E-state index is 0.00260. The summed E-state index contributed by atoms with van der Waals surface area (Å²) in [4.78, 5) is 54.5. The van der Waals surface area contributed by atoms with Gasteiger partial charge < -0.3 is 24.8 Å². The van der Waals surface area contributed by atoms with Crippen LogP contribution in [0.15, 0.2) is 91.1 Å². The zero-order valence-electron chi connectivity index (χ0n) is 23.7. The molecule has 0 aliphatic carbocycles. The number of nitrogens with zero attached hydrogens (tertiary/aromatic N) is 2. The van der Waals surface area contributed by atoms with Crippen molar-refractivity contribution in [1.29, 1.82) is 0 Å². The number of carboxylic acids is 1. The Bertz CT molecular complexity index is 1680. The van der Waals surface area contributed by atoms with Crippen LogP contribution in [-0.4, -0.2) is 52.4 Å². The van der Waals surface area contributed by atoms with Crippen molar-refractivity contribution in [2.75, 3.05) is 19.0 Å². The fourth-order valence-electron chi connectivity index (χ4n) is 4.25. The average Bonchev–Trinajstić information content (AvgIpc) is 3.01. The number of nitrogens with one attached hydrogen (secondary N) is 1. The molecule has 0 aliphatic rings. The van der Waals surface area contributed by atoms with E-state index in [1.165, 1.54) is 67.9 Å². The number of aliphatic carboxylic acids is 1. The summed E-state index contributed by atoms with van der Waals surface area (Å²) in [6.45, 7) is -0.696. The number of carbonyl (C=O) groups is 4. The number of carboxylic acid groups (broad SMARTS) is 1. The van der Waals surface area contributed by atoms with E-state index in [0.29, 0.717) is 5.56 Å². The van der Waals surface area contributed by atoms with E-state index in [9.17, 15) is 37.5 Å². The van der Waals surface area contributed by atoms with Gasteiger partial charge in [0.15, 0.2) is 0 Å². The Kier molecular flexibility index (Phi) is 10.1. The number of amides is 2. The summed E-state index contributed by atoms with van der Waals surface area (Å²) in [7, 11) is 1.24. The molecular formula is C32H26F3N3O7. The molecule has 4 aromatic rings. The molecule has 45 heavy (non-hydrogen) atoms. The van der Waals surface area contributed by atoms with Gasteiger partial charge in [-0.05, 0) is 71.8 Å². The van der Waals surface area contributed by atoms with E-state index < -0.39 is 48.5 Å². The summed E-state index contributed by atoms with van der Waals surface area (Å²) in [6.07, 6.45) is -3.80. The zero-order valence-corrected chi connectivity index (χ0v) is 23.7. The molecule has 1 aromatic heterocycles. The topological polar surface area (TPSA) is 135 Å². The lowest BCUT2D eigenvalue weighted by Crippen LogP contribution is -2.35. The number of pyridine rings is 1. The van der Waals surface area contributed by atoms with Gasteiger partial charge in [-0.1, -0.05) is 24.3 Å². The molecule has 0 radical (unpaired) electrons. The van der Waals surface area contributed by atoms with Crippen molar-refractivity contribution in [2.24, 2.45) is 0 Å². The second-order valence-corrected chi connectivity index (χ2v) is 9.63. The van der Waals surface area contributed by atoms with E-state index in [0.717, 1.165) is 11.0 Å². The number of rotatable bonds is 11. The number of hydrogen-bond acceptors (Lipinski definition) is 7. The lowest BCUT2D eigenvalue weighted by Gasteiger charge is -2.21. The first-order chi connectivity index (χ1) is 21.4. The molecule has 2 amide bonds. The Hall–Kier alpha value is -5.72. The average molecular weight is 622 g/mol. The standard InChI is InChI=1S/C32H26F3N3O7/c1-44-25-14-9-22(26(17-25)32(33,34)35)16-28(39)37-23-10-7-21(8-11-23)30(42)38(19-29(40)41)18-20-5-12-24(13-6-20)45-31(43)27-4-2-3-15-36-27/h2-15,17H,16,18-19H2,1H3,(H,37,39)(H,40,41). The van der Waals surface area contributed by atoms with Gasteiger partial charge in [-0.15, -0.1) is 0 Å². The molecule has 0 aliphatic heterocycles. The van der Waals surface area contributed by atoms with Crippen molar-refractivity contribution in [3.63, 3.8) is 0 Å². The van der Waals surface area contributed by atoms with Gasteiger partial charge in [0.05, 0.1) is 19.1 Å². The van der Waals surface area contributed by atoms with Crippen molar-refractivity contribution in [3.05, 3.63) is 119 Å². The van der Waals surface area contributed by atoms with E-state index in [2.05, 4.69) is 10.3 Å². The number of anilines is 1. The highest BCUT2D eigenvalue weighted by molar-refractivity contribution is 5.97. The van der Waals surface area contributed by atoms with Gasteiger partial charge in [-0.2, -0.15) is 13.2 Å². The van der Waals surface area contributed by atoms with Gasteiger partial charge in [0, 0.05) is 24.0 Å². The molecule has 0 saturated carbocycles. The van der Waals surface area contributed by atoms with Crippen LogP contribution in [0, 0.1) is 0 Å². The summed E-state index contributed by atoms with van der Waals surface area (Å²) >= 11 is 0. The van der Waals surface area contributed by atoms with Crippen LogP contribution in [0.2, 0.25) is 0 Å². The second-order valence-electron chi connectivity index (χ2n) is 9.63. The molecule has 10 nitrogen and oxygen atoms in total. The molecule has 0 saturated heterocycles. The van der Waals surface area contributed by atoms with Crippen molar-refractivity contribution in [1.82, 2.24) is 9.88 Å². The van der Waals surface area contributed by atoms with Crippen LogP contribution in [0.3, 0.4) is 0 Å². The predicted molar refractivity (Wildman–Crippen MR) is 155 cm³/mol. The summed E-state index contributed by atoms with van der Waals surface area (Å²) < 4.78 is 50.6. The number of methoxy groups -OCH3 is 1. The number of halogens is 3. The first kappa shape index (κ1) is 32.2. The molecule has 0 unspecified atom stereocenters. The molecule has 0 fully saturated rings. The number of aromatic nitrogens is 1. The molecule has 232 valence electrons. The van der Waals surface area contributed by atoms with E-state index in [4.69, 9.17) is 9.47 Å². The van der Waals surface area contributed by atoms with Crippen molar-refractivity contribution >= 4 is 29.4 Å². The van der Waals surface area contributed by atoms with Crippen LogP contribution in [0.25, 0.3) is 0 Å². The molecule has 13 heteroatoms. The summed E-state index contributed by atoms with van der Waals surface area (Å²) in [5, 5.41) is 11.9. The van der Waals surface area contributed by atoms with Crippen LogP contribution in [-0.2, 0) is 28.7 Å². The third-order valence-corrected chi connectivity index (χ3v) is 6.38. The number of benzene rings is 3. The lowest BCUT2D eigenvalue weighted by molar-refractivity contribution is -0.139. The Morgan fingerprint density at radius 1 is 0.911 bits per heavy atom. The molecule has 0 spiro atoms. The summed E-state index contributed by atoms with van der Waals surface area (Å²) in [5.41, 5.74) is -0.210. The monoisotopic (exact) mass is 621 g/mol. The fraction of sp³-hybridized carbons (Fsp3) is 0.156. The highest BCUT2D eigenvalue weighted by atomic mass is 19.4. The SMILES string of the molecule is COc1ccc(CC(=O)Nc2ccc(C(=O)N(CC(=O)O)Cc3ccc(OC(=O)c4ccccn4)cc3)cc2)c(C(F)(F)F)c1. The maximum atomic E-state index is 13.5. The number of ether oxygens (including phenoxy) is 2. The van der Waals surface area contributed by atoms with Crippen molar-refractivity contribution in [3.8, 4) is 11.5 Å². The second kappa shape index (κ2) is 14.2. The zero-order chi connectivity index (χ0) is 32.6. The van der Waals surface area contributed by atoms with Gasteiger partial charge in [-0.3, -0.25) is 14.4 Å². The molecule has 0 atom stereocenters. The Morgan fingerprint density at radius 2 is 1.60 bits per heavy atom. The largest absolute Gasteiger partial charge is 0.497 e. The highest BCUT2D eigenvalue weighted by Gasteiger charge is 2.34. The first-order valence-electron chi connectivity index (χ1n) is 13.3. The normalized spacial score (nSPS) is 10.9. The maximum absolute atomic E-state index is 13.5. The van der Waals surface area contributed by atoms with Crippen LogP contribution in [0.1, 0.15) is 37.5 Å². The Morgan fingerprint density at radius 3 is 2.20 bits per heavy atom. The molecule has 3 aromatic carbocycles. The molecule has 0 bridgehead atoms. The lowest BCUT2D eigenvalue weighted by atomic mass is 10.0.